The van der Waals surface area contributed by atoms with Gasteiger partial charge in [0.05, 0.1) is 38.6 Å². The first-order chi connectivity index (χ1) is 51.8. The van der Waals surface area contributed by atoms with Crippen molar-refractivity contribution < 1.29 is 89.4 Å². The number of ether oxygens (including phenoxy) is 6. The molecule has 0 spiro atoms. The zero-order valence-corrected chi connectivity index (χ0v) is 67.7. The SMILES string of the molecule is CCCCCCCCCCCCCCCCCCCCCCCC/C=C/C(O)C(COC1OC(CO)C(OC2OC(CO)C(OC3OC(CO)C(O)C(O)C3O)C(O)C2O)C(O)C1O)NC(=O)CCCCCCCCCCCCCCCCCCCCCCCCCCCCCCCCCCCCCCC. The van der Waals surface area contributed by atoms with Gasteiger partial charge in [-0.15, -0.1) is 0 Å². The maximum absolute atomic E-state index is 13.5. The summed E-state index contributed by atoms with van der Waals surface area (Å²) in [5.74, 6) is -0.265. The van der Waals surface area contributed by atoms with Crippen LogP contribution in [0.4, 0.5) is 0 Å². The highest BCUT2D eigenvalue weighted by Crippen LogP contribution is 2.34. The van der Waals surface area contributed by atoms with E-state index in [4.69, 9.17) is 28.4 Å². The van der Waals surface area contributed by atoms with Crippen LogP contribution in [0.1, 0.15) is 406 Å². The lowest BCUT2D eigenvalue weighted by atomic mass is 9.96. The largest absolute Gasteiger partial charge is 0.394 e. The van der Waals surface area contributed by atoms with Crippen LogP contribution >= 0.6 is 0 Å². The highest BCUT2D eigenvalue weighted by atomic mass is 16.8. The van der Waals surface area contributed by atoms with E-state index in [1.165, 1.54) is 334 Å². The second-order valence-electron chi connectivity index (χ2n) is 32.4. The van der Waals surface area contributed by atoms with Crippen molar-refractivity contribution in [3.63, 3.8) is 0 Å². The minimum absolute atomic E-state index is 0.250. The van der Waals surface area contributed by atoms with Crippen molar-refractivity contribution in [2.75, 3.05) is 26.4 Å². The smallest absolute Gasteiger partial charge is 0.220 e. The number of allylic oxidation sites excluding steroid dienone is 1. The van der Waals surface area contributed by atoms with E-state index >= 15 is 0 Å². The molecule has 3 heterocycles. The van der Waals surface area contributed by atoms with E-state index in [-0.39, 0.29) is 18.9 Å². The molecule has 3 aliphatic heterocycles. The molecular formula is C87H167NO18. The molecule has 0 saturated carbocycles. The van der Waals surface area contributed by atoms with E-state index in [0.717, 1.165) is 44.9 Å². The summed E-state index contributed by atoms with van der Waals surface area (Å²) < 4.78 is 34.5. The van der Waals surface area contributed by atoms with Crippen LogP contribution in [0, 0.1) is 0 Å². The van der Waals surface area contributed by atoms with Crippen molar-refractivity contribution in [2.45, 2.75) is 510 Å². The van der Waals surface area contributed by atoms with Crippen molar-refractivity contribution in [3.05, 3.63) is 12.2 Å². The Hall–Kier alpha value is -1.47. The third-order valence-electron chi connectivity index (χ3n) is 22.8. The average Bonchev–Trinajstić information content (AvgIpc) is 0.781. The van der Waals surface area contributed by atoms with Crippen LogP contribution in [0.5, 0.6) is 0 Å². The Balaban J connectivity index is 1.31. The van der Waals surface area contributed by atoms with Crippen molar-refractivity contribution in [3.8, 4) is 0 Å². The summed E-state index contributed by atoms with van der Waals surface area (Å²) in [7, 11) is 0. The van der Waals surface area contributed by atoms with Crippen LogP contribution in [0.15, 0.2) is 12.2 Å². The zero-order valence-electron chi connectivity index (χ0n) is 67.7. The molecule has 3 rings (SSSR count). The Kier molecular flexibility index (Phi) is 63.3. The second kappa shape index (κ2) is 68.0. The van der Waals surface area contributed by atoms with E-state index in [9.17, 15) is 61.0 Å². The van der Waals surface area contributed by atoms with E-state index in [0.29, 0.717) is 6.42 Å². The first-order valence-corrected chi connectivity index (χ1v) is 44.9. The molecule has 106 heavy (non-hydrogen) atoms. The molecule has 1 amide bonds. The summed E-state index contributed by atoms with van der Waals surface area (Å²) in [4.78, 5) is 13.5. The van der Waals surface area contributed by atoms with E-state index in [1.807, 2.05) is 6.08 Å². The summed E-state index contributed by atoms with van der Waals surface area (Å²) in [6.07, 6.45) is 56.6. The monoisotopic (exact) mass is 1510 g/mol. The van der Waals surface area contributed by atoms with Gasteiger partial charge in [0.2, 0.25) is 5.91 Å². The number of carbonyl (C=O) groups excluding carboxylic acids is 1. The third-order valence-corrected chi connectivity index (χ3v) is 22.8. The van der Waals surface area contributed by atoms with Crippen molar-refractivity contribution in [1.82, 2.24) is 5.32 Å². The first-order valence-electron chi connectivity index (χ1n) is 44.9. The lowest BCUT2D eigenvalue weighted by Crippen LogP contribution is -2.66. The van der Waals surface area contributed by atoms with Crippen LogP contribution in [-0.4, -0.2) is 193 Å². The molecule has 19 heteroatoms. The number of rotatable bonds is 74. The van der Waals surface area contributed by atoms with Gasteiger partial charge >= 0.3 is 0 Å². The number of hydrogen-bond acceptors (Lipinski definition) is 18. The van der Waals surface area contributed by atoms with Gasteiger partial charge in [0, 0.05) is 6.42 Å². The summed E-state index contributed by atoms with van der Waals surface area (Å²) in [6.45, 7) is 1.82. The molecule has 0 aromatic heterocycles. The Bertz CT molecular complexity index is 1960. The predicted molar refractivity (Wildman–Crippen MR) is 425 cm³/mol. The summed E-state index contributed by atoms with van der Waals surface area (Å²) in [5, 5.41) is 121. The highest BCUT2D eigenvalue weighted by molar-refractivity contribution is 5.76. The molecule has 12 N–H and O–H groups in total. The number of carbonyl (C=O) groups is 1. The van der Waals surface area contributed by atoms with Gasteiger partial charge in [-0.2, -0.15) is 0 Å². The Morgan fingerprint density at radius 3 is 0.887 bits per heavy atom. The molecule has 0 radical (unpaired) electrons. The van der Waals surface area contributed by atoms with E-state index < -0.39 is 124 Å². The number of aliphatic hydroxyl groups is 11. The van der Waals surface area contributed by atoms with Gasteiger partial charge in [0.15, 0.2) is 18.9 Å². The molecule has 3 aliphatic rings. The molecule has 0 bridgehead atoms. The highest BCUT2D eigenvalue weighted by Gasteiger charge is 2.54. The average molecular weight is 1520 g/mol. The first kappa shape index (κ1) is 98.7. The molecule has 3 saturated heterocycles. The number of amides is 1. The van der Waals surface area contributed by atoms with Gasteiger partial charge in [0.1, 0.15) is 73.2 Å². The fourth-order valence-corrected chi connectivity index (χ4v) is 15.7. The van der Waals surface area contributed by atoms with Gasteiger partial charge in [-0.05, 0) is 19.3 Å². The minimum atomic E-state index is -1.98. The maximum atomic E-state index is 13.5. The molecule has 17 atom stereocenters. The quantitative estimate of drug-likeness (QED) is 0.0199. The normalized spacial score (nSPS) is 25.6. The molecule has 17 unspecified atom stereocenters. The zero-order chi connectivity index (χ0) is 76.7. The number of hydrogen-bond donors (Lipinski definition) is 12. The number of unbranched alkanes of at least 4 members (excludes halogenated alkanes) is 58. The van der Waals surface area contributed by atoms with Crippen molar-refractivity contribution >= 4 is 5.91 Å². The van der Waals surface area contributed by atoms with E-state index in [1.54, 1.807) is 6.08 Å². The number of aliphatic hydroxyl groups excluding tert-OH is 11. The summed E-state index contributed by atoms with van der Waals surface area (Å²) in [5.41, 5.74) is 0. The standard InChI is InChI=1S/C87H167NO18/c1-3-5-7-9-11-13-15-17-19-21-23-25-27-29-30-31-32-33-34-35-36-37-38-39-40-41-43-45-47-49-51-53-55-57-59-61-63-65-75(93)88-70(71(92)64-62-60-58-56-54-52-50-48-46-44-42-28-26-24-22-20-18-16-14-12-10-8-6-4-2)69-101-85-81(99)78(96)83(73(67-90)103-85)106-87-82(100)79(97)84(74(68-91)104-87)105-86-80(98)77(95)76(94)72(66-89)102-86/h62,64,70-74,76-87,89-92,94-100H,3-61,63,65-69H2,1-2H3,(H,88,93)/b64-62+. The topological polar surface area (TPSA) is 307 Å². The summed E-state index contributed by atoms with van der Waals surface area (Å²) in [6, 6.07) is -0.971. The lowest BCUT2D eigenvalue weighted by molar-refractivity contribution is -0.379. The van der Waals surface area contributed by atoms with Gasteiger partial charge < -0.3 is 89.9 Å². The molecule has 0 aromatic carbocycles. The van der Waals surface area contributed by atoms with Crippen LogP contribution in [0.25, 0.3) is 0 Å². The van der Waals surface area contributed by atoms with Crippen LogP contribution < -0.4 is 5.32 Å². The van der Waals surface area contributed by atoms with Crippen LogP contribution in [-0.2, 0) is 33.2 Å². The lowest BCUT2D eigenvalue weighted by Gasteiger charge is -2.48. The molecule has 0 aromatic rings. The number of nitrogens with one attached hydrogen (secondary N) is 1. The van der Waals surface area contributed by atoms with Crippen LogP contribution in [0.3, 0.4) is 0 Å². The molecule has 19 nitrogen and oxygen atoms in total. The molecule has 3 fully saturated rings. The summed E-state index contributed by atoms with van der Waals surface area (Å²) >= 11 is 0. The molecule has 0 aliphatic carbocycles. The Morgan fingerprint density at radius 1 is 0.330 bits per heavy atom. The third kappa shape index (κ3) is 46.6. The molecule has 628 valence electrons. The van der Waals surface area contributed by atoms with Gasteiger partial charge in [-0.25, -0.2) is 0 Å². The molecular weight excluding hydrogens is 1350 g/mol. The van der Waals surface area contributed by atoms with E-state index in [2.05, 4.69) is 19.2 Å². The Labute approximate surface area is 646 Å². The Morgan fingerprint density at radius 2 is 0.585 bits per heavy atom. The second-order valence-corrected chi connectivity index (χ2v) is 32.4. The fraction of sp³-hybridized carbons (Fsp3) is 0.966. The van der Waals surface area contributed by atoms with Crippen molar-refractivity contribution in [1.29, 1.82) is 0 Å². The maximum Gasteiger partial charge on any atom is 0.220 e. The van der Waals surface area contributed by atoms with Gasteiger partial charge in [0.25, 0.3) is 0 Å². The van der Waals surface area contributed by atoms with Crippen molar-refractivity contribution in [2.24, 2.45) is 0 Å². The van der Waals surface area contributed by atoms with Gasteiger partial charge in [-0.1, -0.05) is 392 Å². The van der Waals surface area contributed by atoms with Gasteiger partial charge in [-0.3, -0.25) is 4.79 Å². The predicted octanol–water partition coefficient (Wildman–Crippen LogP) is 16.7. The van der Waals surface area contributed by atoms with Crippen LogP contribution in [0.2, 0.25) is 0 Å². The minimum Gasteiger partial charge on any atom is -0.394 e. The fourth-order valence-electron chi connectivity index (χ4n) is 15.7.